The molecule has 1 aliphatic rings. The number of morpholine rings is 1. The molecule has 2 nitrogen and oxygen atoms in total. The fourth-order valence-electron chi connectivity index (χ4n) is 2.37. The first-order chi connectivity index (χ1) is 11.6. The summed E-state index contributed by atoms with van der Waals surface area (Å²) in [6.45, 7) is 18.5. The molecule has 0 aromatic heterocycles. The number of rotatable bonds is 6. The highest BCUT2D eigenvalue weighted by molar-refractivity contribution is 5.14. The Morgan fingerprint density at radius 1 is 0.875 bits per heavy atom. The molecule has 2 heteroatoms. The van der Waals surface area contributed by atoms with Crippen LogP contribution in [0.4, 0.5) is 0 Å². The van der Waals surface area contributed by atoms with Gasteiger partial charge in [0.2, 0.25) is 0 Å². The van der Waals surface area contributed by atoms with Gasteiger partial charge in [-0.15, -0.1) is 0 Å². The topological polar surface area (TPSA) is 12.5 Å². The lowest BCUT2D eigenvalue weighted by atomic mass is 10.0. The lowest BCUT2D eigenvalue weighted by Gasteiger charge is -2.26. The molecule has 0 spiro atoms. The van der Waals surface area contributed by atoms with Gasteiger partial charge >= 0.3 is 0 Å². The molecule has 24 heavy (non-hydrogen) atoms. The summed E-state index contributed by atoms with van der Waals surface area (Å²) in [5, 5.41) is 0. The molecule has 1 saturated heterocycles. The molecule has 0 N–H and O–H groups in total. The zero-order valence-corrected chi connectivity index (χ0v) is 17.1. The SMILES string of the molecule is CC.CC(C)CCN1CCOCC1.CC(C)CCc1ccccc1. The first-order valence-corrected chi connectivity index (χ1v) is 9.92. The lowest BCUT2D eigenvalue weighted by Crippen LogP contribution is -2.37. The van der Waals surface area contributed by atoms with Crippen LogP contribution < -0.4 is 0 Å². The van der Waals surface area contributed by atoms with Gasteiger partial charge in [-0.05, 0) is 43.2 Å². The first-order valence-electron chi connectivity index (χ1n) is 9.92. The van der Waals surface area contributed by atoms with E-state index in [4.69, 9.17) is 4.74 Å². The molecular weight excluding hydrogens is 294 g/mol. The largest absolute Gasteiger partial charge is 0.379 e. The average Bonchev–Trinajstić information content (AvgIpc) is 2.62. The van der Waals surface area contributed by atoms with Crippen LogP contribution in [0.15, 0.2) is 30.3 Å². The monoisotopic (exact) mass is 335 g/mol. The van der Waals surface area contributed by atoms with Crippen molar-refractivity contribution >= 4 is 0 Å². The summed E-state index contributed by atoms with van der Waals surface area (Å²) < 4.78 is 5.26. The maximum atomic E-state index is 5.26. The van der Waals surface area contributed by atoms with Gasteiger partial charge in [-0.25, -0.2) is 0 Å². The van der Waals surface area contributed by atoms with E-state index >= 15 is 0 Å². The smallest absolute Gasteiger partial charge is 0.0594 e. The third-order valence-corrected chi connectivity index (χ3v) is 3.98. The van der Waals surface area contributed by atoms with Gasteiger partial charge in [0.05, 0.1) is 13.2 Å². The molecule has 0 saturated carbocycles. The van der Waals surface area contributed by atoms with Crippen molar-refractivity contribution in [1.29, 1.82) is 0 Å². The third kappa shape index (κ3) is 13.6. The number of nitrogens with zero attached hydrogens (tertiary/aromatic N) is 1. The Morgan fingerprint density at radius 3 is 1.92 bits per heavy atom. The first kappa shape index (κ1) is 23.1. The maximum Gasteiger partial charge on any atom is 0.0594 e. The van der Waals surface area contributed by atoms with Gasteiger partial charge in [0.15, 0.2) is 0 Å². The summed E-state index contributed by atoms with van der Waals surface area (Å²) in [6.07, 6.45) is 3.84. The molecule has 1 aromatic carbocycles. The summed E-state index contributed by atoms with van der Waals surface area (Å²) >= 11 is 0. The van der Waals surface area contributed by atoms with Crippen molar-refractivity contribution in [3.63, 3.8) is 0 Å². The van der Waals surface area contributed by atoms with E-state index in [0.29, 0.717) is 0 Å². The number of benzene rings is 1. The van der Waals surface area contributed by atoms with Crippen LogP contribution in [0.1, 0.15) is 59.9 Å². The predicted molar refractivity (Wildman–Crippen MR) is 108 cm³/mol. The van der Waals surface area contributed by atoms with Gasteiger partial charge in [-0.3, -0.25) is 4.90 Å². The average molecular weight is 336 g/mol. The van der Waals surface area contributed by atoms with Crippen LogP contribution in [0.3, 0.4) is 0 Å². The van der Waals surface area contributed by atoms with Crippen LogP contribution in [0.25, 0.3) is 0 Å². The summed E-state index contributed by atoms with van der Waals surface area (Å²) in [7, 11) is 0. The van der Waals surface area contributed by atoms with Gasteiger partial charge in [-0.2, -0.15) is 0 Å². The number of aryl methyl sites for hydroxylation is 1. The van der Waals surface area contributed by atoms with Crippen LogP contribution in [0.2, 0.25) is 0 Å². The van der Waals surface area contributed by atoms with E-state index in [-0.39, 0.29) is 0 Å². The highest BCUT2D eigenvalue weighted by Crippen LogP contribution is 2.07. The predicted octanol–water partition coefficient (Wildman–Crippen LogP) is 5.67. The fraction of sp³-hybridized carbons (Fsp3) is 0.727. The van der Waals surface area contributed by atoms with Gasteiger partial charge in [-0.1, -0.05) is 71.9 Å². The van der Waals surface area contributed by atoms with Crippen LogP contribution in [0.5, 0.6) is 0 Å². The van der Waals surface area contributed by atoms with Gasteiger partial charge in [0.25, 0.3) is 0 Å². The molecule has 0 amide bonds. The number of hydrogen-bond acceptors (Lipinski definition) is 2. The van der Waals surface area contributed by atoms with E-state index in [0.717, 1.165) is 38.1 Å². The molecule has 0 unspecified atom stereocenters. The van der Waals surface area contributed by atoms with Crippen LogP contribution in [0, 0.1) is 11.8 Å². The Balaban J connectivity index is 0.000000400. The second kappa shape index (κ2) is 15.7. The Kier molecular flexibility index (Phi) is 15.1. The molecular formula is C22H41NO. The van der Waals surface area contributed by atoms with Crippen LogP contribution >= 0.6 is 0 Å². The van der Waals surface area contributed by atoms with Crippen molar-refractivity contribution in [3.05, 3.63) is 35.9 Å². The molecule has 2 rings (SSSR count). The normalized spacial score (nSPS) is 14.7. The zero-order valence-electron chi connectivity index (χ0n) is 17.1. The second-order valence-corrected chi connectivity index (χ2v) is 7.05. The standard InChI is InChI=1S/C11H16.C9H19NO.C2H6/c1-10(2)8-9-11-6-4-3-5-7-11;1-9(2)3-4-10-5-7-11-8-6-10;1-2/h3-7,10H,8-9H2,1-2H3;9H,3-8H2,1-2H3;1-2H3. The van der Waals surface area contributed by atoms with E-state index in [1.165, 1.54) is 31.4 Å². The molecule has 1 aromatic rings. The molecule has 1 fully saturated rings. The van der Waals surface area contributed by atoms with Crippen molar-refractivity contribution < 1.29 is 4.74 Å². The molecule has 1 aliphatic heterocycles. The fourth-order valence-corrected chi connectivity index (χ4v) is 2.37. The van der Waals surface area contributed by atoms with E-state index in [2.05, 4.69) is 62.9 Å². The summed E-state index contributed by atoms with van der Waals surface area (Å²) in [6, 6.07) is 10.7. The highest BCUT2D eigenvalue weighted by atomic mass is 16.5. The molecule has 0 atom stereocenters. The molecule has 1 heterocycles. The molecule has 0 aliphatic carbocycles. The minimum Gasteiger partial charge on any atom is -0.379 e. The minimum atomic E-state index is 0.815. The van der Waals surface area contributed by atoms with Crippen LogP contribution in [-0.4, -0.2) is 37.7 Å². The Bertz CT molecular complexity index is 355. The van der Waals surface area contributed by atoms with Gasteiger partial charge in [0, 0.05) is 13.1 Å². The second-order valence-electron chi connectivity index (χ2n) is 7.05. The van der Waals surface area contributed by atoms with E-state index in [1.807, 2.05) is 13.8 Å². The minimum absolute atomic E-state index is 0.815. The highest BCUT2D eigenvalue weighted by Gasteiger charge is 2.09. The van der Waals surface area contributed by atoms with Crippen molar-refractivity contribution in [3.8, 4) is 0 Å². The Morgan fingerprint density at radius 2 is 1.42 bits per heavy atom. The van der Waals surface area contributed by atoms with E-state index in [1.54, 1.807) is 0 Å². The number of ether oxygens (including phenoxy) is 1. The Labute approximate surface area is 151 Å². The van der Waals surface area contributed by atoms with Crippen molar-refractivity contribution in [2.45, 2.75) is 60.8 Å². The van der Waals surface area contributed by atoms with Crippen molar-refractivity contribution in [2.75, 3.05) is 32.8 Å². The van der Waals surface area contributed by atoms with E-state index < -0.39 is 0 Å². The zero-order chi connectivity index (χ0) is 18.2. The van der Waals surface area contributed by atoms with Crippen LogP contribution in [-0.2, 0) is 11.2 Å². The molecule has 140 valence electrons. The molecule has 0 radical (unpaired) electrons. The van der Waals surface area contributed by atoms with E-state index in [9.17, 15) is 0 Å². The molecule has 0 bridgehead atoms. The van der Waals surface area contributed by atoms with Gasteiger partial charge < -0.3 is 4.74 Å². The summed E-state index contributed by atoms with van der Waals surface area (Å²) in [5.74, 6) is 1.65. The third-order valence-electron chi connectivity index (χ3n) is 3.98. The number of hydrogen-bond donors (Lipinski definition) is 0. The Hall–Kier alpha value is -0.860. The summed E-state index contributed by atoms with van der Waals surface area (Å²) in [5.41, 5.74) is 1.46. The maximum absolute atomic E-state index is 5.26. The van der Waals surface area contributed by atoms with Crippen molar-refractivity contribution in [2.24, 2.45) is 11.8 Å². The summed E-state index contributed by atoms with van der Waals surface area (Å²) in [4.78, 5) is 2.49. The lowest BCUT2D eigenvalue weighted by molar-refractivity contribution is 0.0360. The van der Waals surface area contributed by atoms with Gasteiger partial charge in [0.1, 0.15) is 0 Å². The van der Waals surface area contributed by atoms with Crippen molar-refractivity contribution in [1.82, 2.24) is 4.90 Å². The quantitative estimate of drug-likeness (QED) is 0.664.